The summed E-state index contributed by atoms with van der Waals surface area (Å²) in [7, 11) is 0. The SMILES string of the molecule is O=C1C2c3ccc(OCc4ccccc4)cc3COC2CN1Cc1ccccc1. The number of carbonyl (C=O) groups excluding carboxylic acids is 1. The van der Waals surface area contributed by atoms with Crippen molar-refractivity contribution in [3.63, 3.8) is 0 Å². The van der Waals surface area contributed by atoms with Crippen molar-refractivity contribution in [1.29, 1.82) is 0 Å². The van der Waals surface area contributed by atoms with Crippen LogP contribution in [0.1, 0.15) is 28.2 Å². The van der Waals surface area contributed by atoms with Crippen LogP contribution in [-0.4, -0.2) is 23.5 Å². The summed E-state index contributed by atoms with van der Waals surface area (Å²) in [6.45, 7) is 2.32. The van der Waals surface area contributed by atoms with E-state index in [0.29, 0.717) is 26.3 Å². The average molecular weight is 385 g/mol. The van der Waals surface area contributed by atoms with E-state index in [9.17, 15) is 4.79 Å². The van der Waals surface area contributed by atoms with Gasteiger partial charge >= 0.3 is 0 Å². The molecule has 2 aliphatic rings. The summed E-state index contributed by atoms with van der Waals surface area (Å²) >= 11 is 0. The lowest BCUT2D eigenvalue weighted by Crippen LogP contribution is -2.28. The predicted molar refractivity (Wildman–Crippen MR) is 110 cm³/mol. The fourth-order valence-electron chi connectivity index (χ4n) is 4.23. The Labute approximate surface area is 170 Å². The van der Waals surface area contributed by atoms with Crippen molar-refractivity contribution in [2.24, 2.45) is 0 Å². The first kappa shape index (κ1) is 18.0. The first-order valence-electron chi connectivity index (χ1n) is 10.0. The molecular weight excluding hydrogens is 362 g/mol. The van der Waals surface area contributed by atoms with E-state index in [-0.39, 0.29) is 17.9 Å². The lowest BCUT2D eigenvalue weighted by atomic mass is 9.89. The van der Waals surface area contributed by atoms with Gasteiger partial charge in [-0.15, -0.1) is 0 Å². The van der Waals surface area contributed by atoms with Gasteiger partial charge in [0.1, 0.15) is 12.4 Å². The second-order valence-electron chi connectivity index (χ2n) is 7.67. The maximum absolute atomic E-state index is 13.1. The van der Waals surface area contributed by atoms with Crippen LogP contribution in [0.25, 0.3) is 0 Å². The second-order valence-corrected chi connectivity index (χ2v) is 7.67. The zero-order valence-electron chi connectivity index (χ0n) is 16.2. The second kappa shape index (κ2) is 7.72. The molecule has 2 heterocycles. The van der Waals surface area contributed by atoms with E-state index in [1.807, 2.05) is 71.6 Å². The molecule has 4 heteroatoms. The maximum atomic E-state index is 13.1. The number of likely N-dealkylation sites (tertiary alicyclic amines) is 1. The summed E-state index contributed by atoms with van der Waals surface area (Å²) < 4.78 is 12.0. The minimum atomic E-state index is -0.217. The number of fused-ring (bicyclic) bond motifs is 3. The summed E-state index contributed by atoms with van der Waals surface area (Å²) in [5.41, 5.74) is 4.40. The van der Waals surface area contributed by atoms with Crippen LogP contribution in [-0.2, 0) is 29.3 Å². The van der Waals surface area contributed by atoms with Crippen molar-refractivity contribution in [2.75, 3.05) is 6.54 Å². The van der Waals surface area contributed by atoms with Crippen LogP contribution in [0, 0.1) is 0 Å². The summed E-state index contributed by atoms with van der Waals surface area (Å²) in [6, 6.07) is 26.2. The molecule has 1 fully saturated rings. The zero-order valence-corrected chi connectivity index (χ0v) is 16.2. The molecule has 0 aliphatic carbocycles. The molecule has 0 radical (unpaired) electrons. The Kier molecular flexibility index (Phi) is 4.78. The number of amides is 1. The van der Waals surface area contributed by atoms with E-state index in [2.05, 4.69) is 12.1 Å². The molecule has 3 aromatic carbocycles. The highest BCUT2D eigenvalue weighted by atomic mass is 16.5. The number of ether oxygens (including phenoxy) is 2. The molecule has 0 saturated carbocycles. The van der Waals surface area contributed by atoms with Crippen LogP contribution in [0.4, 0.5) is 0 Å². The van der Waals surface area contributed by atoms with Gasteiger partial charge in [-0.1, -0.05) is 66.7 Å². The highest BCUT2D eigenvalue weighted by Gasteiger charge is 2.45. The third-order valence-corrected chi connectivity index (χ3v) is 5.72. The molecule has 3 aromatic rings. The van der Waals surface area contributed by atoms with Crippen LogP contribution < -0.4 is 4.74 Å². The number of hydrogen-bond acceptors (Lipinski definition) is 3. The van der Waals surface area contributed by atoms with E-state index < -0.39 is 0 Å². The van der Waals surface area contributed by atoms with E-state index >= 15 is 0 Å². The number of benzene rings is 3. The fourth-order valence-corrected chi connectivity index (χ4v) is 4.23. The molecule has 2 atom stereocenters. The van der Waals surface area contributed by atoms with Crippen molar-refractivity contribution < 1.29 is 14.3 Å². The average Bonchev–Trinajstić information content (AvgIpc) is 3.09. The summed E-state index contributed by atoms with van der Waals surface area (Å²) in [5, 5.41) is 0. The lowest BCUT2D eigenvalue weighted by molar-refractivity contribution is -0.130. The monoisotopic (exact) mass is 385 g/mol. The molecule has 0 N–H and O–H groups in total. The van der Waals surface area contributed by atoms with Crippen LogP contribution in [0.2, 0.25) is 0 Å². The van der Waals surface area contributed by atoms with Crippen molar-refractivity contribution in [2.45, 2.75) is 31.8 Å². The lowest BCUT2D eigenvalue weighted by Gasteiger charge is -2.26. The number of carbonyl (C=O) groups is 1. The Morgan fingerprint density at radius 1 is 0.931 bits per heavy atom. The van der Waals surface area contributed by atoms with Crippen molar-refractivity contribution >= 4 is 5.91 Å². The van der Waals surface area contributed by atoms with E-state index in [1.165, 1.54) is 0 Å². The normalized spacial score (nSPS) is 20.3. The van der Waals surface area contributed by atoms with Gasteiger partial charge in [-0.3, -0.25) is 4.79 Å². The predicted octanol–water partition coefficient (Wildman–Crippen LogP) is 4.29. The third-order valence-electron chi connectivity index (χ3n) is 5.72. The molecule has 146 valence electrons. The molecule has 4 nitrogen and oxygen atoms in total. The molecule has 0 bridgehead atoms. The Morgan fingerprint density at radius 3 is 2.41 bits per heavy atom. The van der Waals surface area contributed by atoms with Gasteiger partial charge in [0.25, 0.3) is 0 Å². The quantitative estimate of drug-likeness (QED) is 0.658. The number of hydrogen-bond donors (Lipinski definition) is 0. The van der Waals surface area contributed by atoms with E-state index in [1.54, 1.807) is 0 Å². The third kappa shape index (κ3) is 3.64. The van der Waals surface area contributed by atoms with Gasteiger partial charge in [-0.05, 0) is 34.4 Å². The molecular formula is C25H23NO3. The first-order chi connectivity index (χ1) is 14.3. The van der Waals surface area contributed by atoms with Crippen molar-refractivity contribution in [3.8, 4) is 5.75 Å². The van der Waals surface area contributed by atoms with Crippen LogP contribution >= 0.6 is 0 Å². The van der Waals surface area contributed by atoms with Gasteiger partial charge < -0.3 is 14.4 Å². The largest absolute Gasteiger partial charge is 0.489 e. The topological polar surface area (TPSA) is 38.8 Å². The Balaban J connectivity index is 1.32. The number of nitrogens with zero attached hydrogens (tertiary/aromatic N) is 1. The standard InChI is InChI=1S/C25H23NO3/c27-25-24-22-12-11-21(28-16-19-9-5-2-6-10-19)13-20(22)17-29-23(24)15-26(25)14-18-7-3-1-4-8-18/h1-13,23-24H,14-17H2. The molecule has 0 aromatic heterocycles. The molecule has 1 saturated heterocycles. The Bertz CT molecular complexity index is 1000. The zero-order chi connectivity index (χ0) is 19.6. The van der Waals surface area contributed by atoms with Gasteiger partial charge in [-0.2, -0.15) is 0 Å². The summed E-state index contributed by atoms with van der Waals surface area (Å²) in [4.78, 5) is 15.0. The molecule has 29 heavy (non-hydrogen) atoms. The fraction of sp³-hybridized carbons (Fsp3) is 0.240. The van der Waals surface area contributed by atoms with Gasteiger partial charge in [0.2, 0.25) is 5.91 Å². The molecule has 5 rings (SSSR count). The highest BCUT2D eigenvalue weighted by Crippen LogP contribution is 2.39. The molecule has 1 amide bonds. The van der Waals surface area contributed by atoms with Crippen LogP contribution in [0.5, 0.6) is 5.75 Å². The van der Waals surface area contributed by atoms with Gasteiger partial charge in [0.15, 0.2) is 0 Å². The molecule has 2 aliphatic heterocycles. The van der Waals surface area contributed by atoms with Crippen molar-refractivity contribution in [1.82, 2.24) is 4.90 Å². The summed E-state index contributed by atoms with van der Waals surface area (Å²) in [5.74, 6) is 0.740. The van der Waals surface area contributed by atoms with Gasteiger partial charge in [0, 0.05) is 13.1 Å². The van der Waals surface area contributed by atoms with Gasteiger partial charge in [0.05, 0.1) is 18.6 Å². The van der Waals surface area contributed by atoms with Gasteiger partial charge in [-0.25, -0.2) is 0 Å². The minimum Gasteiger partial charge on any atom is -0.489 e. The first-order valence-corrected chi connectivity index (χ1v) is 10.0. The summed E-state index contributed by atoms with van der Waals surface area (Å²) in [6.07, 6.45) is -0.0743. The minimum absolute atomic E-state index is 0.0743. The molecule has 2 unspecified atom stereocenters. The van der Waals surface area contributed by atoms with Crippen LogP contribution in [0.3, 0.4) is 0 Å². The van der Waals surface area contributed by atoms with E-state index in [0.717, 1.165) is 28.0 Å². The molecule has 0 spiro atoms. The van der Waals surface area contributed by atoms with Crippen LogP contribution in [0.15, 0.2) is 78.9 Å². The number of rotatable bonds is 5. The van der Waals surface area contributed by atoms with E-state index in [4.69, 9.17) is 9.47 Å². The Morgan fingerprint density at radius 2 is 1.66 bits per heavy atom. The highest BCUT2D eigenvalue weighted by molar-refractivity contribution is 5.87. The smallest absolute Gasteiger partial charge is 0.233 e. The maximum Gasteiger partial charge on any atom is 0.233 e. The Hall–Kier alpha value is -3.11. The van der Waals surface area contributed by atoms with Crippen molar-refractivity contribution in [3.05, 3.63) is 101 Å².